The molecule has 3 rings (SSSR count). The molecular weight excluding hydrogens is 405 g/mol. The normalized spacial score (nSPS) is 24.9. The van der Waals surface area contributed by atoms with Crippen molar-refractivity contribution < 1.29 is 34.0 Å². The van der Waals surface area contributed by atoms with Crippen molar-refractivity contribution >= 4 is 11.9 Å². The van der Waals surface area contributed by atoms with Crippen LogP contribution in [0, 0.1) is 11.2 Å². The lowest BCUT2D eigenvalue weighted by Gasteiger charge is -2.43. The zero-order chi connectivity index (χ0) is 23.4. The molecule has 7 nitrogen and oxygen atoms in total. The van der Waals surface area contributed by atoms with Gasteiger partial charge < -0.3 is 25.0 Å². The highest BCUT2D eigenvalue weighted by Gasteiger charge is 2.54. The zero-order valence-electron chi connectivity index (χ0n) is 18.5. The van der Waals surface area contributed by atoms with E-state index in [0.717, 1.165) is 24.9 Å². The summed E-state index contributed by atoms with van der Waals surface area (Å²) < 4.78 is 19.6. The Morgan fingerprint density at radius 1 is 1.23 bits per heavy atom. The molecule has 1 fully saturated rings. The molecule has 172 valence electrons. The number of carboxylic acid groups (broad SMARTS) is 2. The van der Waals surface area contributed by atoms with Gasteiger partial charge in [0.1, 0.15) is 5.60 Å². The van der Waals surface area contributed by atoms with E-state index in [-0.39, 0.29) is 17.0 Å². The smallest absolute Gasteiger partial charge is 0.328 e. The lowest BCUT2D eigenvalue weighted by atomic mass is 9.71. The highest BCUT2D eigenvalue weighted by atomic mass is 19.1. The predicted molar refractivity (Wildman–Crippen MR) is 114 cm³/mol. The minimum Gasteiger partial charge on any atom is -0.493 e. The van der Waals surface area contributed by atoms with E-state index in [9.17, 15) is 19.1 Å². The van der Waals surface area contributed by atoms with Gasteiger partial charge in [-0.2, -0.15) is 0 Å². The van der Waals surface area contributed by atoms with Gasteiger partial charge in [0.15, 0.2) is 11.6 Å². The molecule has 0 radical (unpaired) electrons. The Hall–Kier alpha value is -2.45. The van der Waals surface area contributed by atoms with E-state index in [4.69, 9.17) is 14.9 Å². The highest BCUT2D eigenvalue weighted by molar-refractivity contribution is 5.89. The Balaban J connectivity index is 0.000000366. The zero-order valence-corrected chi connectivity index (χ0v) is 18.5. The number of carbonyl (C=O) groups is 2. The maximum absolute atomic E-state index is 14.2. The Kier molecular flexibility index (Phi) is 7.83. The fourth-order valence-electron chi connectivity index (χ4n) is 4.62. The first-order valence-electron chi connectivity index (χ1n) is 10.4. The van der Waals surface area contributed by atoms with Crippen LogP contribution in [0.1, 0.15) is 50.7 Å². The number of ether oxygens (including phenoxy) is 1. The van der Waals surface area contributed by atoms with E-state index in [1.807, 2.05) is 0 Å². The topological polar surface area (TPSA) is 107 Å². The molecule has 0 bridgehead atoms. The van der Waals surface area contributed by atoms with Crippen LogP contribution < -0.4 is 4.74 Å². The molecule has 8 heteroatoms. The maximum Gasteiger partial charge on any atom is 0.328 e. The number of hydrogen-bond acceptors (Lipinski definition) is 5. The SMILES string of the molecule is COc1c(F)ccc2c1C(O)(CC1CCCCN1C)C(C)(C)C2.O=C(O)/C=C/C(=O)O. The molecule has 3 N–H and O–H groups in total. The highest BCUT2D eigenvalue weighted by Crippen LogP contribution is 2.56. The third-order valence-electron chi connectivity index (χ3n) is 6.39. The number of aliphatic carboxylic acids is 2. The van der Waals surface area contributed by atoms with Gasteiger partial charge in [-0.1, -0.05) is 26.3 Å². The number of carboxylic acids is 2. The number of methoxy groups -OCH3 is 1. The Bertz CT molecular complexity index is 837. The number of piperidine rings is 1. The van der Waals surface area contributed by atoms with Gasteiger partial charge in [0.25, 0.3) is 0 Å². The van der Waals surface area contributed by atoms with Crippen LogP contribution in [0.5, 0.6) is 5.75 Å². The number of benzene rings is 1. The van der Waals surface area contributed by atoms with Crippen molar-refractivity contribution in [2.24, 2.45) is 5.41 Å². The van der Waals surface area contributed by atoms with Crippen LogP contribution >= 0.6 is 0 Å². The lowest BCUT2D eigenvalue weighted by Crippen LogP contribution is -2.47. The molecule has 0 spiro atoms. The number of nitrogens with zero attached hydrogens (tertiary/aromatic N) is 1. The molecule has 1 aromatic carbocycles. The molecule has 1 aliphatic heterocycles. The number of hydrogen-bond donors (Lipinski definition) is 3. The van der Waals surface area contributed by atoms with Crippen LogP contribution in [-0.2, 0) is 21.6 Å². The minimum atomic E-state index is -1.26. The summed E-state index contributed by atoms with van der Waals surface area (Å²) in [6.07, 6.45) is 5.98. The monoisotopic (exact) mass is 437 g/mol. The summed E-state index contributed by atoms with van der Waals surface area (Å²) in [5.74, 6) is -2.69. The molecule has 2 aliphatic rings. The summed E-state index contributed by atoms with van der Waals surface area (Å²) in [5, 5.41) is 27.3. The summed E-state index contributed by atoms with van der Waals surface area (Å²) >= 11 is 0. The van der Waals surface area contributed by atoms with Gasteiger partial charge in [0, 0.05) is 29.2 Å². The van der Waals surface area contributed by atoms with Crippen molar-refractivity contribution in [3.63, 3.8) is 0 Å². The van der Waals surface area contributed by atoms with Crippen LogP contribution in [0.25, 0.3) is 0 Å². The van der Waals surface area contributed by atoms with E-state index < -0.39 is 17.5 Å². The Morgan fingerprint density at radius 3 is 2.35 bits per heavy atom. The van der Waals surface area contributed by atoms with Crippen molar-refractivity contribution in [2.45, 2.75) is 57.6 Å². The molecule has 1 heterocycles. The van der Waals surface area contributed by atoms with Crippen LogP contribution in [0.4, 0.5) is 4.39 Å². The fraction of sp³-hybridized carbons (Fsp3) is 0.565. The number of rotatable bonds is 5. The summed E-state index contributed by atoms with van der Waals surface area (Å²) in [6.45, 7) is 5.22. The summed E-state index contributed by atoms with van der Waals surface area (Å²) in [6, 6.07) is 3.58. The summed E-state index contributed by atoms with van der Waals surface area (Å²) in [5.41, 5.74) is 0.277. The van der Waals surface area contributed by atoms with Gasteiger partial charge >= 0.3 is 11.9 Å². The predicted octanol–water partition coefficient (Wildman–Crippen LogP) is 3.19. The van der Waals surface area contributed by atoms with Crippen LogP contribution in [0.3, 0.4) is 0 Å². The Morgan fingerprint density at radius 2 is 1.84 bits per heavy atom. The van der Waals surface area contributed by atoms with Crippen molar-refractivity contribution in [1.82, 2.24) is 4.90 Å². The third kappa shape index (κ3) is 5.43. The molecule has 2 atom stereocenters. The first-order chi connectivity index (χ1) is 14.4. The van der Waals surface area contributed by atoms with Crippen molar-refractivity contribution in [2.75, 3.05) is 20.7 Å². The van der Waals surface area contributed by atoms with Crippen LogP contribution in [0.15, 0.2) is 24.3 Å². The standard InChI is InChI=1S/C19H28FNO2.C4H4O4/c1-18(2)11-13-8-9-15(20)17(23-4)16(13)19(18,22)12-14-7-5-6-10-21(14)3;5-3(6)1-2-4(7)8/h8-9,14,22H,5-7,10-12H2,1-4H3;1-2H,(H,5,6)(H,7,8)/b;2-1+. The Labute approximate surface area is 182 Å². The van der Waals surface area contributed by atoms with Crippen molar-refractivity contribution in [3.8, 4) is 5.75 Å². The minimum absolute atomic E-state index is 0.217. The number of fused-ring (bicyclic) bond motifs is 1. The third-order valence-corrected chi connectivity index (χ3v) is 6.39. The van der Waals surface area contributed by atoms with Crippen LogP contribution in [0.2, 0.25) is 0 Å². The van der Waals surface area contributed by atoms with Crippen molar-refractivity contribution in [1.29, 1.82) is 0 Å². The largest absolute Gasteiger partial charge is 0.493 e. The van der Waals surface area contributed by atoms with E-state index in [1.54, 1.807) is 6.07 Å². The van der Waals surface area contributed by atoms with Gasteiger partial charge in [0.2, 0.25) is 0 Å². The maximum atomic E-state index is 14.2. The molecule has 0 aromatic heterocycles. The molecule has 1 aromatic rings. The lowest BCUT2D eigenvalue weighted by molar-refractivity contribution is -0.134. The first kappa shape index (κ1) is 24.8. The van der Waals surface area contributed by atoms with Gasteiger partial charge in [-0.3, -0.25) is 0 Å². The van der Waals surface area contributed by atoms with E-state index >= 15 is 0 Å². The molecule has 2 unspecified atom stereocenters. The molecule has 1 aliphatic carbocycles. The summed E-state index contributed by atoms with van der Waals surface area (Å²) in [7, 11) is 3.61. The molecule has 0 saturated carbocycles. The van der Waals surface area contributed by atoms with Gasteiger partial charge in [-0.05, 0) is 50.9 Å². The summed E-state index contributed by atoms with van der Waals surface area (Å²) in [4.78, 5) is 21.4. The number of likely N-dealkylation sites (tertiary alicyclic amines) is 1. The van der Waals surface area contributed by atoms with E-state index in [1.165, 1.54) is 26.0 Å². The quantitative estimate of drug-likeness (QED) is 0.607. The molecule has 1 saturated heterocycles. The average Bonchev–Trinajstić information content (AvgIpc) is 2.88. The van der Waals surface area contributed by atoms with Gasteiger partial charge in [0.05, 0.1) is 7.11 Å². The average molecular weight is 438 g/mol. The van der Waals surface area contributed by atoms with Gasteiger partial charge in [-0.25, -0.2) is 14.0 Å². The fourth-order valence-corrected chi connectivity index (χ4v) is 4.62. The van der Waals surface area contributed by atoms with E-state index in [0.29, 0.717) is 30.2 Å². The molecule has 0 amide bonds. The molecule has 31 heavy (non-hydrogen) atoms. The second kappa shape index (κ2) is 9.78. The van der Waals surface area contributed by atoms with E-state index in [2.05, 4.69) is 25.8 Å². The van der Waals surface area contributed by atoms with Gasteiger partial charge in [-0.15, -0.1) is 0 Å². The first-order valence-corrected chi connectivity index (χ1v) is 10.4. The second-order valence-electron chi connectivity index (χ2n) is 8.88. The number of halogens is 1. The molecular formula is C23H32FNO6. The second-order valence-corrected chi connectivity index (χ2v) is 8.88. The van der Waals surface area contributed by atoms with Crippen LogP contribution in [-0.4, -0.2) is 58.9 Å². The van der Waals surface area contributed by atoms with Crippen molar-refractivity contribution in [3.05, 3.63) is 41.2 Å². The number of aliphatic hydroxyl groups is 1.